The first-order valence-electron chi connectivity index (χ1n) is 9.69. The first kappa shape index (κ1) is 20.5. The lowest BCUT2D eigenvalue weighted by Gasteiger charge is -2.29. The van der Waals surface area contributed by atoms with Crippen LogP contribution in [-0.4, -0.2) is 55.2 Å². The second-order valence-corrected chi connectivity index (χ2v) is 8.78. The minimum atomic E-state index is -1.00. The van der Waals surface area contributed by atoms with E-state index in [0.29, 0.717) is 26.3 Å². The van der Waals surface area contributed by atoms with E-state index in [9.17, 15) is 14.4 Å². The maximum Gasteiger partial charge on any atom is 0.305 e. The Morgan fingerprint density at radius 2 is 2.00 bits per heavy atom. The summed E-state index contributed by atoms with van der Waals surface area (Å²) in [6, 6.07) is 5.37. The molecule has 1 amide bonds. The van der Waals surface area contributed by atoms with Gasteiger partial charge in [0, 0.05) is 25.8 Å². The molecule has 4 rings (SSSR count). The number of carboxylic acid groups (broad SMARTS) is 1. The van der Waals surface area contributed by atoms with Crippen molar-refractivity contribution in [3.63, 3.8) is 0 Å². The third-order valence-corrected chi connectivity index (χ3v) is 6.48. The minimum absolute atomic E-state index is 0.00523. The first-order chi connectivity index (χ1) is 14.5. The van der Waals surface area contributed by atoms with E-state index in [1.807, 2.05) is 6.07 Å². The van der Waals surface area contributed by atoms with Gasteiger partial charge in [0.25, 0.3) is 11.5 Å². The van der Waals surface area contributed by atoms with Crippen LogP contribution in [0.5, 0.6) is 0 Å². The molecule has 1 N–H and O–H groups in total. The molecule has 4 heterocycles. The molecule has 0 bridgehead atoms. The van der Waals surface area contributed by atoms with Gasteiger partial charge in [-0.15, -0.1) is 0 Å². The van der Waals surface area contributed by atoms with Gasteiger partial charge in [-0.3, -0.25) is 23.7 Å². The number of hydrogen-bond donors (Lipinski definition) is 1. The molecule has 0 spiro atoms. The Bertz CT molecular complexity index is 1120. The molecule has 0 unspecified atom stereocenters. The third kappa shape index (κ3) is 3.97. The number of carboxylic acids is 1. The van der Waals surface area contributed by atoms with Crippen LogP contribution in [0.25, 0.3) is 11.7 Å². The Balaban J connectivity index is 1.78. The van der Waals surface area contributed by atoms with Gasteiger partial charge >= 0.3 is 5.97 Å². The summed E-state index contributed by atoms with van der Waals surface area (Å²) < 4.78 is 1.76. The van der Waals surface area contributed by atoms with Crippen LogP contribution in [0.3, 0.4) is 0 Å². The molecular weight excluding hydrogens is 424 g/mol. The quantitative estimate of drug-likeness (QED) is 0.555. The zero-order valence-corrected chi connectivity index (χ0v) is 17.7. The lowest BCUT2D eigenvalue weighted by molar-refractivity contribution is -0.137. The average Bonchev–Trinajstić information content (AvgIpc) is 3.01. The second-order valence-electron chi connectivity index (χ2n) is 7.11. The number of carbonyl (C=O) groups is 2. The summed E-state index contributed by atoms with van der Waals surface area (Å²) in [6.45, 7) is 1.61. The highest BCUT2D eigenvalue weighted by atomic mass is 32.2. The van der Waals surface area contributed by atoms with Crippen molar-refractivity contribution >= 4 is 57.7 Å². The molecular formula is C20H20N4O4S2. The van der Waals surface area contributed by atoms with Gasteiger partial charge in [-0.2, -0.15) is 0 Å². The van der Waals surface area contributed by atoms with Crippen molar-refractivity contribution in [3.8, 4) is 0 Å². The number of anilines is 1. The van der Waals surface area contributed by atoms with Crippen molar-refractivity contribution in [1.29, 1.82) is 0 Å². The normalized spacial score (nSPS) is 18.6. The van der Waals surface area contributed by atoms with Gasteiger partial charge in [0.05, 0.1) is 16.9 Å². The fraction of sp³-hybridized carbons (Fsp3) is 0.350. The lowest BCUT2D eigenvalue weighted by atomic mass is 10.1. The summed E-state index contributed by atoms with van der Waals surface area (Å²) in [5, 5.41) is 8.90. The molecule has 2 aliphatic rings. The molecule has 2 saturated heterocycles. The summed E-state index contributed by atoms with van der Waals surface area (Å²) in [5.41, 5.74) is 0.644. The maximum absolute atomic E-state index is 13.3. The summed E-state index contributed by atoms with van der Waals surface area (Å²) in [5.74, 6) is -0.813. The van der Waals surface area contributed by atoms with Gasteiger partial charge in [-0.1, -0.05) is 30.0 Å². The molecule has 0 radical (unpaired) electrons. The highest BCUT2D eigenvalue weighted by Gasteiger charge is 2.33. The Morgan fingerprint density at radius 3 is 2.73 bits per heavy atom. The molecule has 2 aromatic rings. The number of carbonyl (C=O) groups excluding carboxylic acids is 1. The molecule has 30 heavy (non-hydrogen) atoms. The van der Waals surface area contributed by atoms with Crippen molar-refractivity contribution in [2.75, 3.05) is 24.5 Å². The summed E-state index contributed by atoms with van der Waals surface area (Å²) >= 11 is 6.33. The third-order valence-electron chi connectivity index (χ3n) is 5.10. The fourth-order valence-electron chi connectivity index (χ4n) is 3.60. The van der Waals surface area contributed by atoms with Gasteiger partial charge in [0.2, 0.25) is 0 Å². The van der Waals surface area contributed by atoms with Crippen LogP contribution >= 0.6 is 24.0 Å². The number of aliphatic carboxylic acids is 1. The van der Waals surface area contributed by atoms with Crippen molar-refractivity contribution in [2.24, 2.45) is 0 Å². The zero-order valence-electron chi connectivity index (χ0n) is 16.1. The standard InChI is InChI=1S/C20H20N4O4S2/c25-16(26)7-11-24-19(28)14(30-20(24)29)12-13-17(22-8-3-1-4-9-22)21-15-6-2-5-10-23(15)18(13)27/h2,5-6,10,12H,1,3-4,7-9,11H2,(H,25,26). The largest absolute Gasteiger partial charge is 0.481 e. The number of thiocarbonyl (C=S) groups is 1. The molecule has 0 saturated carbocycles. The van der Waals surface area contributed by atoms with Crippen LogP contribution in [0.4, 0.5) is 5.82 Å². The molecule has 2 fully saturated rings. The fourth-order valence-corrected chi connectivity index (χ4v) is 4.89. The topological polar surface area (TPSA) is 95.2 Å². The summed E-state index contributed by atoms with van der Waals surface area (Å²) in [4.78, 5) is 45.3. The summed E-state index contributed by atoms with van der Waals surface area (Å²) in [7, 11) is 0. The van der Waals surface area contributed by atoms with E-state index in [1.165, 1.54) is 9.30 Å². The van der Waals surface area contributed by atoms with Crippen molar-refractivity contribution in [1.82, 2.24) is 14.3 Å². The van der Waals surface area contributed by atoms with E-state index in [1.54, 1.807) is 24.4 Å². The van der Waals surface area contributed by atoms with Gasteiger partial charge in [-0.25, -0.2) is 4.98 Å². The molecule has 2 aliphatic heterocycles. The van der Waals surface area contributed by atoms with Gasteiger partial charge in [0.15, 0.2) is 0 Å². The van der Waals surface area contributed by atoms with Crippen molar-refractivity contribution in [3.05, 3.63) is 45.2 Å². The number of aromatic nitrogens is 2. The van der Waals surface area contributed by atoms with Crippen LogP contribution in [0.15, 0.2) is 34.1 Å². The van der Waals surface area contributed by atoms with Crippen LogP contribution in [0, 0.1) is 0 Å². The highest BCUT2D eigenvalue weighted by Crippen LogP contribution is 2.34. The van der Waals surface area contributed by atoms with E-state index < -0.39 is 5.97 Å². The molecule has 0 aliphatic carbocycles. The smallest absolute Gasteiger partial charge is 0.305 e. The predicted molar refractivity (Wildman–Crippen MR) is 120 cm³/mol. The Morgan fingerprint density at radius 1 is 1.23 bits per heavy atom. The van der Waals surface area contributed by atoms with Crippen molar-refractivity contribution < 1.29 is 14.7 Å². The van der Waals surface area contributed by atoms with E-state index in [2.05, 4.69) is 4.90 Å². The van der Waals surface area contributed by atoms with Gasteiger partial charge in [-0.05, 0) is 37.5 Å². The second kappa shape index (κ2) is 8.57. The van der Waals surface area contributed by atoms with E-state index in [0.717, 1.165) is 44.1 Å². The van der Waals surface area contributed by atoms with Gasteiger partial charge in [0.1, 0.15) is 15.8 Å². The van der Waals surface area contributed by atoms with Crippen LogP contribution in [-0.2, 0) is 9.59 Å². The number of piperidine rings is 1. The molecule has 156 valence electrons. The SMILES string of the molecule is O=C(O)CCN1C(=O)C(=Cc2c(N3CCCCC3)nc3ccccn3c2=O)SC1=S. The number of pyridine rings is 1. The minimum Gasteiger partial charge on any atom is -0.481 e. The molecule has 8 nitrogen and oxygen atoms in total. The molecule has 0 aromatic carbocycles. The van der Waals surface area contributed by atoms with E-state index >= 15 is 0 Å². The Hall–Kier alpha value is -2.72. The average molecular weight is 445 g/mol. The zero-order chi connectivity index (χ0) is 21.3. The number of fused-ring (bicyclic) bond motifs is 1. The molecule has 0 atom stereocenters. The number of thioether (sulfide) groups is 1. The Labute approximate surface area is 182 Å². The number of amides is 1. The van der Waals surface area contributed by atoms with Gasteiger partial charge < -0.3 is 10.0 Å². The number of rotatable bonds is 5. The maximum atomic E-state index is 13.3. The molecule has 2 aromatic heterocycles. The van der Waals surface area contributed by atoms with Crippen molar-refractivity contribution in [2.45, 2.75) is 25.7 Å². The van der Waals surface area contributed by atoms with E-state index in [-0.39, 0.29) is 24.4 Å². The summed E-state index contributed by atoms with van der Waals surface area (Å²) in [6.07, 6.45) is 6.19. The first-order valence-corrected chi connectivity index (χ1v) is 10.9. The number of hydrogen-bond acceptors (Lipinski definition) is 7. The predicted octanol–water partition coefficient (Wildman–Crippen LogP) is 2.36. The van der Waals surface area contributed by atoms with Crippen LogP contribution < -0.4 is 10.5 Å². The van der Waals surface area contributed by atoms with Crippen LogP contribution in [0.1, 0.15) is 31.2 Å². The van der Waals surface area contributed by atoms with Crippen LogP contribution in [0.2, 0.25) is 0 Å². The van der Waals surface area contributed by atoms with E-state index in [4.69, 9.17) is 22.3 Å². The Kier molecular flexibility index (Phi) is 5.87. The number of nitrogens with zero attached hydrogens (tertiary/aromatic N) is 4. The monoisotopic (exact) mass is 444 g/mol. The molecule has 10 heteroatoms. The lowest BCUT2D eigenvalue weighted by Crippen LogP contribution is -2.33. The highest BCUT2D eigenvalue weighted by molar-refractivity contribution is 8.26.